The van der Waals surface area contributed by atoms with Crippen LogP contribution in [0.5, 0.6) is 11.5 Å². The molecular formula is C24H29N3O5. The number of hydrogen-bond acceptors (Lipinski definition) is 6. The summed E-state index contributed by atoms with van der Waals surface area (Å²) in [5.41, 5.74) is 1.57. The first-order valence-corrected chi connectivity index (χ1v) is 10.9. The van der Waals surface area contributed by atoms with Gasteiger partial charge in [-0.15, -0.1) is 0 Å². The molecule has 0 spiro atoms. The summed E-state index contributed by atoms with van der Waals surface area (Å²) in [6.45, 7) is 4.54. The molecule has 0 saturated carbocycles. The van der Waals surface area contributed by atoms with Gasteiger partial charge in [-0.25, -0.2) is 4.79 Å². The Kier molecular flexibility index (Phi) is 6.80. The van der Waals surface area contributed by atoms with Crippen molar-refractivity contribution in [1.82, 2.24) is 4.90 Å². The average molecular weight is 440 g/mol. The zero-order valence-electron chi connectivity index (χ0n) is 18.5. The van der Waals surface area contributed by atoms with Crippen LogP contribution in [0.3, 0.4) is 0 Å². The maximum Gasteiger partial charge on any atom is 0.414 e. The Bertz CT molecular complexity index is 924. The zero-order valence-corrected chi connectivity index (χ0v) is 18.5. The number of anilines is 2. The number of nitrogens with one attached hydrogen (secondary N) is 1. The molecule has 2 saturated heterocycles. The maximum absolute atomic E-state index is 12.3. The third-order valence-electron chi connectivity index (χ3n) is 5.73. The first-order valence-electron chi connectivity index (χ1n) is 10.9. The standard InChI is InChI=1S/C24H29N3O5/c1-17(28)25-18-3-7-21(8-4-18)31-22-11-13-26(14-12-22)15-23-16-27(24(29)32-23)19-5-9-20(30-2)10-6-19/h3-10,22-23H,11-16H2,1-2H3,(H,25,28)/t23-/m0/s1. The van der Waals surface area contributed by atoms with Gasteiger partial charge in [0.05, 0.1) is 13.7 Å². The van der Waals surface area contributed by atoms with Gasteiger partial charge in [-0.3, -0.25) is 14.6 Å². The average Bonchev–Trinajstić information content (AvgIpc) is 3.16. The number of amides is 2. The molecule has 8 heteroatoms. The Balaban J connectivity index is 1.22. The van der Waals surface area contributed by atoms with Gasteiger partial charge in [-0.05, 0) is 61.4 Å². The SMILES string of the molecule is COc1ccc(N2C[C@H](CN3CCC(Oc4ccc(NC(C)=O)cc4)CC3)OC2=O)cc1. The fraction of sp³-hybridized carbons (Fsp3) is 0.417. The minimum absolute atomic E-state index is 0.0916. The van der Waals surface area contributed by atoms with E-state index in [1.807, 2.05) is 48.5 Å². The van der Waals surface area contributed by atoms with Crippen LogP contribution in [0.1, 0.15) is 19.8 Å². The molecule has 8 nitrogen and oxygen atoms in total. The summed E-state index contributed by atoms with van der Waals surface area (Å²) in [6, 6.07) is 14.9. The first-order chi connectivity index (χ1) is 15.5. The molecule has 2 aromatic carbocycles. The van der Waals surface area contributed by atoms with Gasteiger partial charge in [-0.1, -0.05) is 0 Å². The van der Waals surface area contributed by atoms with Crippen molar-refractivity contribution in [1.29, 1.82) is 0 Å². The lowest BCUT2D eigenvalue weighted by Crippen LogP contribution is -2.42. The van der Waals surface area contributed by atoms with E-state index in [0.29, 0.717) is 6.54 Å². The van der Waals surface area contributed by atoms with Crippen molar-refractivity contribution in [3.05, 3.63) is 48.5 Å². The molecule has 2 aliphatic rings. The summed E-state index contributed by atoms with van der Waals surface area (Å²) in [4.78, 5) is 27.4. The smallest absolute Gasteiger partial charge is 0.414 e. The quantitative estimate of drug-likeness (QED) is 0.711. The predicted octanol–water partition coefficient (Wildman–Crippen LogP) is 3.52. The molecule has 0 aromatic heterocycles. The monoisotopic (exact) mass is 439 g/mol. The fourth-order valence-corrected chi connectivity index (χ4v) is 4.10. The van der Waals surface area contributed by atoms with E-state index in [4.69, 9.17) is 14.2 Å². The van der Waals surface area contributed by atoms with Gasteiger partial charge in [0.25, 0.3) is 0 Å². The topological polar surface area (TPSA) is 80.3 Å². The predicted molar refractivity (Wildman–Crippen MR) is 121 cm³/mol. The van der Waals surface area contributed by atoms with Crippen molar-refractivity contribution in [2.24, 2.45) is 0 Å². The Morgan fingerprint density at radius 3 is 2.34 bits per heavy atom. The third kappa shape index (κ3) is 5.50. The molecular weight excluding hydrogens is 410 g/mol. The van der Waals surface area contributed by atoms with E-state index >= 15 is 0 Å². The number of likely N-dealkylation sites (tertiary alicyclic amines) is 1. The van der Waals surface area contributed by atoms with E-state index in [1.54, 1.807) is 12.0 Å². The molecule has 170 valence electrons. The summed E-state index contributed by atoms with van der Waals surface area (Å²) in [5.74, 6) is 1.47. The Hall–Kier alpha value is -3.26. The molecule has 2 amide bonds. The number of ether oxygens (including phenoxy) is 3. The number of methoxy groups -OCH3 is 1. The van der Waals surface area contributed by atoms with Crippen molar-refractivity contribution >= 4 is 23.4 Å². The highest BCUT2D eigenvalue weighted by Gasteiger charge is 2.34. The normalized spacial score (nSPS) is 19.5. The minimum Gasteiger partial charge on any atom is -0.497 e. The number of benzene rings is 2. The lowest BCUT2D eigenvalue weighted by Gasteiger charge is -2.33. The van der Waals surface area contributed by atoms with Crippen LogP contribution in [0.25, 0.3) is 0 Å². The molecule has 2 aliphatic heterocycles. The van der Waals surface area contributed by atoms with Crippen LogP contribution in [0.15, 0.2) is 48.5 Å². The van der Waals surface area contributed by atoms with Crippen molar-refractivity contribution < 1.29 is 23.8 Å². The van der Waals surface area contributed by atoms with Gasteiger partial charge in [-0.2, -0.15) is 0 Å². The van der Waals surface area contributed by atoms with Crippen LogP contribution in [-0.4, -0.2) is 62.4 Å². The van der Waals surface area contributed by atoms with Gasteiger partial charge < -0.3 is 19.5 Å². The van der Waals surface area contributed by atoms with Crippen LogP contribution in [0.2, 0.25) is 0 Å². The van der Waals surface area contributed by atoms with E-state index < -0.39 is 0 Å². The Morgan fingerprint density at radius 2 is 1.72 bits per heavy atom. The van der Waals surface area contributed by atoms with Crippen molar-refractivity contribution in [3.63, 3.8) is 0 Å². The zero-order chi connectivity index (χ0) is 22.5. The van der Waals surface area contributed by atoms with Crippen molar-refractivity contribution in [3.8, 4) is 11.5 Å². The number of carbonyl (C=O) groups is 2. The summed E-state index contributed by atoms with van der Waals surface area (Å²) in [6.07, 6.45) is 1.52. The molecule has 2 heterocycles. The van der Waals surface area contributed by atoms with E-state index in [9.17, 15) is 9.59 Å². The second-order valence-electron chi connectivity index (χ2n) is 8.14. The van der Waals surface area contributed by atoms with Crippen LogP contribution in [0, 0.1) is 0 Å². The second-order valence-corrected chi connectivity index (χ2v) is 8.14. The van der Waals surface area contributed by atoms with Crippen molar-refractivity contribution in [2.45, 2.75) is 32.0 Å². The molecule has 0 unspecified atom stereocenters. The number of nitrogens with zero attached hydrogens (tertiary/aromatic N) is 2. The third-order valence-corrected chi connectivity index (χ3v) is 5.73. The fourth-order valence-electron chi connectivity index (χ4n) is 4.10. The lowest BCUT2D eigenvalue weighted by atomic mass is 10.1. The number of hydrogen-bond donors (Lipinski definition) is 1. The van der Waals surface area contributed by atoms with Gasteiger partial charge in [0.2, 0.25) is 5.91 Å². The summed E-state index contributed by atoms with van der Waals surface area (Å²) in [5, 5.41) is 2.75. The number of carbonyl (C=O) groups excluding carboxylic acids is 2. The summed E-state index contributed by atoms with van der Waals surface area (Å²) < 4.78 is 16.9. The van der Waals surface area contributed by atoms with Gasteiger partial charge in [0.1, 0.15) is 23.7 Å². The highest BCUT2D eigenvalue weighted by atomic mass is 16.6. The van der Waals surface area contributed by atoms with Gasteiger partial charge in [0.15, 0.2) is 0 Å². The van der Waals surface area contributed by atoms with E-state index in [1.165, 1.54) is 6.92 Å². The highest BCUT2D eigenvalue weighted by molar-refractivity contribution is 5.90. The summed E-state index contributed by atoms with van der Waals surface area (Å²) >= 11 is 0. The number of rotatable bonds is 7. The van der Waals surface area contributed by atoms with Crippen LogP contribution >= 0.6 is 0 Å². The molecule has 1 atom stereocenters. The Labute approximate surface area is 188 Å². The van der Waals surface area contributed by atoms with E-state index in [2.05, 4.69) is 10.2 Å². The van der Waals surface area contributed by atoms with Crippen molar-refractivity contribution in [2.75, 3.05) is 43.5 Å². The van der Waals surface area contributed by atoms with Gasteiger partial charge >= 0.3 is 6.09 Å². The number of piperidine rings is 1. The molecule has 32 heavy (non-hydrogen) atoms. The Morgan fingerprint density at radius 1 is 1.06 bits per heavy atom. The summed E-state index contributed by atoms with van der Waals surface area (Å²) in [7, 11) is 1.62. The van der Waals surface area contributed by atoms with E-state index in [-0.39, 0.29) is 24.2 Å². The first kappa shape index (κ1) is 22.0. The maximum atomic E-state index is 12.3. The van der Waals surface area contributed by atoms with Crippen LogP contribution in [0.4, 0.5) is 16.2 Å². The largest absolute Gasteiger partial charge is 0.497 e. The van der Waals surface area contributed by atoms with Crippen LogP contribution < -0.4 is 19.7 Å². The molecule has 2 aromatic rings. The number of cyclic esters (lactones) is 1. The molecule has 0 radical (unpaired) electrons. The molecule has 2 fully saturated rings. The minimum atomic E-state index is -0.305. The van der Waals surface area contributed by atoms with Gasteiger partial charge in [0, 0.05) is 37.9 Å². The van der Waals surface area contributed by atoms with E-state index in [0.717, 1.165) is 55.3 Å². The molecule has 0 bridgehead atoms. The van der Waals surface area contributed by atoms with Crippen LogP contribution in [-0.2, 0) is 9.53 Å². The lowest BCUT2D eigenvalue weighted by molar-refractivity contribution is -0.114. The molecule has 1 N–H and O–H groups in total. The molecule has 0 aliphatic carbocycles. The molecule has 4 rings (SSSR count). The highest BCUT2D eigenvalue weighted by Crippen LogP contribution is 2.26. The second kappa shape index (κ2) is 9.91.